The number of halogens is 2. The Balaban J connectivity index is 2.12. The summed E-state index contributed by atoms with van der Waals surface area (Å²) < 4.78 is 24.5. The molecule has 0 spiro atoms. The molecule has 3 nitrogen and oxygen atoms in total. The topological polar surface area (TPSA) is 44.5 Å². The van der Waals surface area contributed by atoms with E-state index < -0.39 is 0 Å². The molecule has 2 N–H and O–H groups in total. The number of hydrogen-bond donors (Lipinski definition) is 1. The first-order valence-electron chi connectivity index (χ1n) is 6.07. The molecule has 0 aliphatic carbocycles. The molecule has 2 rings (SSSR count). The summed E-state index contributed by atoms with van der Waals surface area (Å²) in [4.78, 5) is 0. The van der Waals surface area contributed by atoms with Crippen molar-refractivity contribution in [2.75, 3.05) is 7.11 Å². The predicted octanol–water partition coefficient (Wildman–Crippen LogP) is 3.63. The normalized spacial score (nSPS) is 10.4. The second-order valence-corrected chi connectivity index (χ2v) is 5.08. The molecular weight excluding hydrogens is 325 g/mol. The number of hydrogen-bond acceptors (Lipinski definition) is 3. The van der Waals surface area contributed by atoms with Gasteiger partial charge in [-0.2, -0.15) is 0 Å². The van der Waals surface area contributed by atoms with Gasteiger partial charge in [-0.05, 0) is 51.3 Å². The van der Waals surface area contributed by atoms with Crippen molar-refractivity contribution >= 4 is 15.9 Å². The van der Waals surface area contributed by atoms with Gasteiger partial charge in [0.2, 0.25) is 0 Å². The molecule has 0 aromatic heterocycles. The molecule has 0 aliphatic heterocycles. The Bertz CT molecular complexity index is 604. The molecule has 0 radical (unpaired) electrons. The highest BCUT2D eigenvalue weighted by atomic mass is 79.9. The van der Waals surface area contributed by atoms with Crippen molar-refractivity contribution in [2.45, 2.75) is 13.2 Å². The fourth-order valence-corrected chi connectivity index (χ4v) is 2.17. The van der Waals surface area contributed by atoms with Crippen LogP contribution in [0.25, 0.3) is 0 Å². The molecule has 0 fully saturated rings. The fourth-order valence-electron chi connectivity index (χ4n) is 1.75. The van der Waals surface area contributed by atoms with Crippen molar-refractivity contribution in [1.82, 2.24) is 0 Å². The summed E-state index contributed by atoms with van der Waals surface area (Å²) in [5.74, 6) is 0.970. The second kappa shape index (κ2) is 6.72. The Labute approximate surface area is 125 Å². The lowest BCUT2D eigenvalue weighted by atomic mass is 10.2. The van der Waals surface area contributed by atoms with Gasteiger partial charge in [-0.15, -0.1) is 0 Å². The van der Waals surface area contributed by atoms with Gasteiger partial charge in [-0.3, -0.25) is 0 Å². The fraction of sp³-hybridized carbons (Fsp3) is 0.200. The van der Waals surface area contributed by atoms with E-state index in [2.05, 4.69) is 15.9 Å². The van der Waals surface area contributed by atoms with Gasteiger partial charge in [-0.1, -0.05) is 12.1 Å². The highest BCUT2D eigenvalue weighted by Crippen LogP contribution is 2.29. The molecule has 20 heavy (non-hydrogen) atoms. The van der Waals surface area contributed by atoms with Gasteiger partial charge in [0.05, 0.1) is 11.6 Å². The van der Waals surface area contributed by atoms with Gasteiger partial charge >= 0.3 is 0 Å². The Morgan fingerprint density at radius 1 is 1.10 bits per heavy atom. The highest BCUT2D eigenvalue weighted by molar-refractivity contribution is 9.10. The van der Waals surface area contributed by atoms with Crippen LogP contribution in [-0.4, -0.2) is 7.11 Å². The van der Waals surface area contributed by atoms with Crippen molar-refractivity contribution in [2.24, 2.45) is 5.73 Å². The predicted molar refractivity (Wildman–Crippen MR) is 79.3 cm³/mol. The van der Waals surface area contributed by atoms with Gasteiger partial charge in [0.1, 0.15) is 12.4 Å². The van der Waals surface area contributed by atoms with Gasteiger partial charge in [0.15, 0.2) is 11.5 Å². The first-order chi connectivity index (χ1) is 9.63. The zero-order chi connectivity index (χ0) is 14.5. The van der Waals surface area contributed by atoms with Crippen molar-refractivity contribution in [1.29, 1.82) is 0 Å². The average Bonchev–Trinajstić information content (AvgIpc) is 2.48. The maximum atomic E-state index is 13.1. The summed E-state index contributed by atoms with van der Waals surface area (Å²) in [5, 5.41) is 0. The lowest BCUT2D eigenvalue weighted by Gasteiger charge is -2.12. The number of methoxy groups -OCH3 is 1. The summed E-state index contributed by atoms with van der Waals surface area (Å²) >= 11 is 3.15. The van der Waals surface area contributed by atoms with E-state index in [1.54, 1.807) is 19.2 Å². The third kappa shape index (κ3) is 3.49. The number of rotatable bonds is 5. The molecule has 106 valence electrons. The maximum Gasteiger partial charge on any atom is 0.161 e. The molecule has 0 aliphatic rings. The first kappa shape index (κ1) is 14.8. The van der Waals surface area contributed by atoms with E-state index in [0.717, 1.165) is 11.1 Å². The molecule has 0 amide bonds. The molecule has 2 aromatic rings. The standard InChI is InChI=1S/C15H15BrFNO2/c1-19-15-7-10(8-18)3-5-14(15)20-9-11-2-4-13(17)12(16)6-11/h2-7H,8-9,18H2,1H3. The molecule has 0 atom stereocenters. The summed E-state index contributed by atoms with van der Waals surface area (Å²) in [7, 11) is 1.58. The van der Waals surface area contributed by atoms with Crippen LogP contribution in [0.2, 0.25) is 0 Å². The van der Waals surface area contributed by atoms with Crippen LogP contribution < -0.4 is 15.2 Å². The van der Waals surface area contributed by atoms with E-state index in [4.69, 9.17) is 15.2 Å². The lowest BCUT2D eigenvalue weighted by Crippen LogP contribution is -2.01. The number of nitrogens with two attached hydrogens (primary N) is 1. The van der Waals surface area contributed by atoms with Crippen LogP contribution in [0, 0.1) is 5.82 Å². The largest absolute Gasteiger partial charge is 0.493 e. The van der Waals surface area contributed by atoms with E-state index in [1.165, 1.54) is 6.07 Å². The minimum absolute atomic E-state index is 0.293. The minimum atomic E-state index is -0.293. The van der Waals surface area contributed by atoms with E-state index >= 15 is 0 Å². The molecule has 0 heterocycles. The highest BCUT2D eigenvalue weighted by Gasteiger charge is 2.07. The van der Waals surface area contributed by atoms with Gasteiger partial charge in [-0.25, -0.2) is 4.39 Å². The molecule has 0 bridgehead atoms. The van der Waals surface area contributed by atoms with Crippen molar-refractivity contribution in [3.05, 3.63) is 57.8 Å². The van der Waals surface area contributed by atoms with Crippen molar-refractivity contribution < 1.29 is 13.9 Å². The monoisotopic (exact) mass is 339 g/mol. The first-order valence-corrected chi connectivity index (χ1v) is 6.87. The van der Waals surface area contributed by atoms with Crippen LogP contribution >= 0.6 is 15.9 Å². The van der Waals surface area contributed by atoms with E-state index in [-0.39, 0.29) is 5.82 Å². The Kier molecular flexibility index (Phi) is 4.98. The van der Waals surface area contributed by atoms with Crippen molar-refractivity contribution in [3.63, 3.8) is 0 Å². The molecular formula is C15H15BrFNO2. The van der Waals surface area contributed by atoms with E-state index in [0.29, 0.717) is 29.1 Å². The van der Waals surface area contributed by atoms with Crippen LogP contribution in [-0.2, 0) is 13.2 Å². The average molecular weight is 340 g/mol. The summed E-state index contributed by atoms with van der Waals surface area (Å²) in [6.45, 7) is 0.777. The zero-order valence-corrected chi connectivity index (χ0v) is 12.6. The van der Waals surface area contributed by atoms with E-state index in [9.17, 15) is 4.39 Å². The molecule has 0 saturated heterocycles. The van der Waals surface area contributed by atoms with E-state index in [1.807, 2.05) is 18.2 Å². The molecule has 0 unspecified atom stereocenters. The third-order valence-corrected chi connectivity index (χ3v) is 3.45. The number of ether oxygens (including phenoxy) is 2. The second-order valence-electron chi connectivity index (χ2n) is 4.23. The maximum absolute atomic E-state index is 13.1. The van der Waals surface area contributed by atoms with Crippen LogP contribution in [0.4, 0.5) is 4.39 Å². The Morgan fingerprint density at radius 2 is 1.85 bits per heavy atom. The van der Waals surface area contributed by atoms with Gasteiger partial charge in [0, 0.05) is 6.54 Å². The smallest absolute Gasteiger partial charge is 0.161 e. The van der Waals surface area contributed by atoms with Gasteiger partial charge < -0.3 is 15.2 Å². The Morgan fingerprint density at radius 3 is 2.50 bits per heavy atom. The van der Waals surface area contributed by atoms with Crippen molar-refractivity contribution in [3.8, 4) is 11.5 Å². The molecule has 0 saturated carbocycles. The third-order valence-electron chi connectivity index (χ3n) is 2.84. The van der Waals surface area contributed by atoms with Gasteiger partial charge in [0.25, 0.3) is 0 Å². The summed E-state index contributed by atoms with van der Waals surface area (Å²) in [6, 6.07) is 10.3. The van der Waals surface area contributed by atoms with Crippen LogP contribution in [0.1, 0.15) is 11.1 Å². The molecule has 2 aromatic carbocycles. The minimum Gasteiger partial charge on any atom is -0.493 e. The summed E-state index contributed by atoms with van der Waals surface area (Å²) in [6.07, 6.45) is 0. The number of benzene rings is 2. The quantitative estimate of drug-likeness (QED) is 0.904. The SMILES string of the molecule is COc1cc(CN)ccc1OCc1ccc(F)c(Br)c1. The Hall–Kier alpha value is -1.59. The summed E-state index contributed by atoms with van der Waals surface area (Å²) in [5.41, 5.74) is 7.42. The zero-order valence-electron chi connectivity index (χ0n) is 11.0. The molecule has 5 heteroatoms. The lowest BCUT2D eigenvalue weighted by molar-refractivity contribution is 0.284. The van der Waals surface area contributed by atoms with Crippen LogP contribution in [0.5, 0.6) is 11.5 Å². The van der Waals surface area contributed by atoms with Crippen LogP contribution in [0.3, 0.4) is 0 Å². The van der Waals surface area contributed by atoms with Crippen LogP contribution in [0.15, 0.2) is 40.9 Å².